The molecule has 190 valence electrons. The van der Waals surface area contributed by atoms with Crippen LogP contribution in [0, 0.1) is 5.92 Å². The number of rotatable bonds is 6. The van der Waals surface area contributed by atoms with Gasteiger partial charge in [-0.15, -0.1) is 0 Å². The number of hydrogen-bond acceptors (Lipinski definition) is 6. The van der Waals surface area contributed by atoms with Crippen LogP contribution in [0.25, 0.3) is 0 Å². The average Bonchev–Trinajstić information content (AvgIpc) is 3.11. The minimum absolute atomic E-state index is 0.00747. The largest absolute Gasteiger partial charge is 0.504 e. The van der Waals surface area contributed by atoms with Crippen LogP contribution < -0.4 is 0 Å². The van der Waals surface area contributed by atoms with Gasteiger partial charge in [-0.3, -0.25) is 19.4 Å². The number of aliphatic hydroxyl groups is 1. The van der Waals surface area contributed by atoms with Gasteiger partial charge in [-0.05, 0) is 101 Å². The van der Waals surface area contributed by atoms with Gasteiger partial charge >= 0.3 is 0 Å². The van der Waals surface area contributed by atoms with Gasteiger partial charge in [0.05, 0.1) is 5.60 Å². The van der Waals surface area contributed by atoms with E-state index in [1.807, 2.05) is 6.07 Å². The molecule has 2 amide bonds. The number of fused-ring (bicyclic) bond motifs is 1. The zero-order valence-corrected chi connectivity index (χ0v) is 20.7. The van der Waals surface area contributed by atoms with Crippen molar-refractivity contribution in [3.8, 4) is 11.5 Å². The Bertz CT molecular complexity index is 1010. The fourth-order valence-electron chi connectivity index (χ4n) is 7.03. The van der Waals surface area contributed by atoms with E-state index in [2.05, 4.69) is 11.8 Å². The summed E-state index contributed by atoms with van der Waals surface area (Å²) in [6.45, 7) is 3.94. The molecule has 0 radical (unpaired) electrons. The summed E-state index contributed by atoms with van der Waals surface area (Å²) in [5, 5.41) is 31.9. The third-order valence-electron chi connectivity index (χ3n) is 8.98. The van der Waals surface area contributed by atoms with Crippen molar-refractivity contribution in [2.45, 2.75) is 95.2 Å². The molecule has 7 nitrogen and oxygen atoms in total. The summed E-state index contributed by atoms with van der Waals surface area (Å²) in [4.78, 5) is 30.2. The Balaban J connectivity index is 1.37. The second kappa shape index (κ2) is 9.58. The second-order valence-corrected chi connectivity index (χ2v) is 11.0. The fraction of sp³-hybridized carbons (Fsp3) is 0.643. The number of likely N-dealkylation sites (tertiary alicyclic amines) is 1. The van der Waals surface area contributed by atoms with Crippen LogP contribution in [0.5, 0.6) is 11.5 Å². The minimum Gasteiger partial charge on any atom is -0.504 e. The number of aromatic hydroxyl groups is 2. The van der Waals surface area contributed by atoms with E-state index in [4.69, 9.17) is 0 Å². The van der Waals surface area contributed by atoms with Gasteiger partial charge in [-0.1, -0.05) is 19.4 Å². The molecule has 4 atom stereocenters. The summed E-state index contributed by atoms with van der Waals surface area (Å²) in [5.41, 5.74) is 1.43. The maximum absolute atomic E-state index is 13.2. The monoisotopic (exact) mass is 482 g/mol. The van der Waals surface area contributed by atoms with Crippen molar-refractivity contribution in [2.24, 2.45) is 5.92 Å². The lowest BCUT2D eigenvalue weighted by molar-refractivity contribution is -0.161. The smallest absolute Gasteiger partial charge is 0.257 e. The van der Waals surface area contributed by atoms with E-state index in [0.717, 1.165) is 61.9 Å². The average molecular weight is 483 g/mol. The summed E-state index contributed by atoms with van der Waals surface area (Å²) in [7, 11) is 0. The van der Waals surface area contributed by atoms with E-state index < -0.39 is 5.60 Å². The molecule has 3 unspecified atom stereocenters. The highest BCUT2D eigenvalue weighted by atomic mass is 16.3. The predicted octanol–water partition coefficient (Wildman–Crippen LogP) is 3.65. The van der Waals surface area contributed by atoms with Crippen molar-refractivity contribution in [3.05, 3.63) is 34.9 Å². The Kier molecular flexibility index (Phi) is 6.66. The van der Waals surface area contributed by atoms with Crippen LogP contribution in [0.1, 0.15) is 76.7 Å². The molecule has 2 aliphatic carbocycles. The summed E-state index contributed by atoms with van der Waals surface area (Å²) >= 11 is 0. The molecule has 3 N–H and O–H groups in total. The first-order valence-corrected chi connectivity index (χ1v) is 13.4. The Morgan fingerprint density at radius 1 is 1.03 bits per heavy atom. The first-order valence-electron chi connectivity index (χ1n) is 13.4. The van der Waals surface area contributed by atoms with Gasteiger partial charge in [-0.25, -0.2) is 0 Å². The number of piperidine rings is 1. The lowest BCUT2D eigenvalue weighted by Crippen LogP contribution is -2.65. The summed E-state index contributed by atoms with van der Waals surface area (Å²) in [6, 6.07) is 4.63. The van der Waals surface area contributed by atoms with Gasteiger partial charge in [0.2, 0.25) is 0 Å². The van der Waals surface area contributed by atoms with E-state index in [9.17, 15) is 24.9 Å². The van der Waals surface area contributed by atoms with Gasteiger partial charge < -0.3 is 15.3 Å². The van der Waals surface area contributed by atoms with Crippen LogP contribution in [0.4, 0.5) is 0 Å². The van der Waals surface area contributed by atoms with Crippen LogP contribution >= 0.6 is 0 Å². The first-order chi connectivity index (χ1) is 16.8. The van der Waals surface area contributed by atoms with E-state index in [1.54, 1.807) is 6.07 Å². The normalized spacial score (nSPS) is 31.6. The SMILES string of the molecule is CCCCN1CCC2CC(N3C(=O)C4=C(CCCC4)C3=O)CCC2(O)[C@H]1Cc1ccc(O)c(O)c1. The van der Waals surface area contributed by atoms with Crippen LogP contribution in [-0.4, -0.2) is 67.7 Å². The number of nitrogens with zero attached hydrogens (tertiary/aromatic N) is 2. The topological polar surface area (TPSA) is 101 Å². The summed E-state index contributed by atoms with van der Waals surface area (Å²) in [6.07, 6.45) is 8.72. The standard InChI is InChI=1S/C28H38N2O5/c1-2-3-13-29-14-11-19-17-20(30-26(33)21-6-4-5-7-22(21)27(30)34)10-12-28(19,35)25(29)16-18-8-9-23(31)24(32)15-18/h8-9,15,19-20,25,31-32,35H,2-7,10-14,16-17H2,1H3/t19?,20?,25-,28?/m1/s1. The first kappa shape index (κ1) is 24.3. The molecule has 1 aromatic rings. The molecule has 7 heteroatoms. The van der Waals surface area contributed by atoms with E-state index in [1.165, 1.54) is 11.0 Å². The van der Waals surface area contributed by atoms with Crippen molar-refractivity contribution in [3.63, 3.8) is 0 Å². The molecule has 2 heterocycles. The molecule has 2 fully saturated rings. The second-order valence-electron chi connectivity index (χ2n) is 11.0. The van der Waals surface area contributed by atoms with E-state index in [-0.39, 0.29) is 41.3 Å². The summed E-state index contributed by atoms with van der Waals surface area (Å²) in [5.74, 6) is -0.455. The number of unbranched alkanes of at least 4 members (excludes halogenated alkanes) is 1. The molecule has 1 aromatic carbocycles. The molecule has 5 rings (SSSR count). The van der Waals surface area contributed by atoms with Crippen molar-refractivity contribution >= 4 is 11.8 Å². The van der Waals surface area contributed by atoms with Gasteiger partial charge in [0.25, 0.3) is 11.8 Å². The number of imide groups is 1. The number of phenols is 2. The van der Waals surface area contributed by atoms with Crippen LogP contribution in [0.2, 0.25) is 0 Å². The summed E-state index contributed by atoms with van der Waals surface area (Å²) < 4.78 is 0. The third kappa shape index (κ3) is 4.27. The number of carbonyl (C=O) groups is 2. The number of benzene rings is 1. The van der Waals surface area contributed by atoms with Crippen LogP contribution in [0.3, 0.4) is 0 Å². The predicted molar refractivity (Wildman–Crippen MR) is 132 cm³/mol. The fourth-order valence-corrected chi connectivity index (χ4v) is 7.03. The molecule has 0 spiro atoms. The highest BCUT2D eigenvalue weighted by Gasteiger charge is 2.54. The van der Waals surface area contributed by atoms with Gasteiger partial charge in [0.15, 0.2) is 11.5 Å². The van der Waals surface area contributed by atoms with Gasteiger partial charge in [-0.2, -0.15) is 0 Å². The molecule has 35 heavy (non-hydrogen) atoms. The van der Waals surface area contributed by atoms with Gasteiger partial charge in [0.1, 0.15) is 0 Å². The number of carbonyl (C=O) groups excluding carboxylic acids is 2. The maximum atomic E-state index is 13.2. The zero-order chi connectivity index (χ0) is 24.7. The highest BCUT2D eigenvalue weighted by Crippen LogP contribution is 2.47. The Hall–Kier alpha value is -2.38. The van der Waals surface area contributed by atoms with E-state index >= 15 is 0 Å². The Labute approximate surface area is 207 Å². The Morgan fingerprint density at radius 2 is 1.74 bits per heavy atom. The van der Waals surface area contributed by atoms with E-state index in [0.29, 0.717) is 38.5 Å². The molecule has 2 aliphatic heterocycles. The Morgan fingerprint density at radius 3 is 2.40 bits per heavy atom. The van der Waals surface area contributed by atoms with Crippen molar-refractivity contribution < 1.29 is 24.9 Å². The lowest BCUT2D eigenvalue weighted by Gasteiger charge is -2.55. The lowest BCUT2D eigenvalue weighted by atomic mass is 9.64. The molecule has 1 saturated heterocycles. The zero-order valence-electron chi connectivity index (χ0n) is 20.7. The molecule has 4 aliphatic rings. The molecular weight excluding hydrogens is 444 g/mol. The minimum atomic E-state index is -0.922. The highest BCUT2D eigenvalue weighted by molar-refractivity contribution is 6.19. The molecule has 0 bridgehead atoms. The van der Waals surface area contributed by atoms with Crippen LogP contribution in [0.15, 0.2) is 29.3 Å². The molecular formula is C28H38N2O5. The van der Waals surface area contributed by atoms with Crippen LogP contribution in [-0.2, 0) is 16.0 Å². The number of amides is 2. The van der Waals surface area contributed by atoms with Gasteiger partial charge in [0, 0.05) is 23.2 Å². The number of hydrogen-bond donors (Lipinski definition) is 3. The molecule has 1 saturated carbocycles. The third-order valence-corrected chi connectivity index (χ3v) is 8.98. The quantitative estimate of drug-likeness (QED) is 0.423. The van der Waals surface area contributed by atoms with Crippen molar-refractivity contribution in [1.82, 2.24) is 9.80 Å². The maximum Gasteiger partial charge on any atom is 0.257 e. The van der Waals surface area contributed by atoms with Crippen molar-refractivity contribution in [1.29, 1.82) is 0 Å². The number of phenolic OH excluding ortho intramolecular Hbond substituents is 2. The van der Waals surface area contributed by atoms with Crippen molar-refractivity contribution in [2.75, 3.05) is 13.1 Å². The molecule has 0 aromatic heterocycles.